The molecule has 9 heteroatoms. The minimum Gasteiger partial charge on any atom is -0.391 e. The number of aliphatic hydroxyl groups excluding tert-OH is 4. The highest BCUT2D eigenvalue weighted by molar-refractivity contribution is 7.80. The van der Waals surface area contributed by atoms with Gasteiger partial charge in [0.05, 0.1) is 6.10 Å². The van der Waals surface area contributed by atoms with Gasteiger partial charge < -0.3 is 20.4 Å². The molecule has 0 aromatic rings. The summed E-state index contributed by atoms with van der Waals surface area (Å²) < 4.78 is 0. The van der Waals surface area contributed by atoms with Crippen LogP contribution in [0.3, 0.4) is 0 Å². The zero-order valence-electron chi connectivity index (χ0n) is 8.58. The second-order valence-corrected chi connectivity index (χ2v) is 3.97. The number of aliphatic hydroxyl groups is 4. The Morgan fingerprint density at radius 1 is 1.06 bits per heavy atom. The molecule has 1 fully saturated rings. The molecule has 0 aromatic heterocycles. The first-order chi connectivity index (χ1) is 7.43. The molecule has 8 nitrogen and oxygen atoms in total. The third-order valence-electron chi connectivity index (χ3n) is 2.22. The topological polar surface area (TPSA) is 129 Å². The van der Waals surface area contributed by atoms with Crippen molar-refractivity contribution in [2.45, 2.75) is 37.5 Å². The molecule has 0 spiro atoms. The number of nitrogens with one attached hydrogen (secondary N) is 4. The van der Waals surface area contributed by atoms with Gasteiger partial charge in [-0.3, -0.25) is 10.9 Å². The number of rotatable bonds is 4. The van der Waals surface area contributed by atoms with Crippen LogP contribution in [0.4, 0.5) is 0 Å². The van der Waals surface area contributed by atoms with Crippen molar-refractivity contribution in [1.82, 2.24) is 21.7 Å². The molecule has 0 bridgehead atoms. The second-order valence-electron chi connectivity index (χ2n) is 3.56. The number of hydrazine groups is 2. The average molecular weight is 252 g/mol. The van der Waals surface area contributed by atoms with Crippen LogP contribution in [0.2, 0.25) is 0 Å². The van der Waals surface area contributed by atoms with Gasteiger partial charge in [0.1, 0.15) is 24.5 Å². The number of hydrogen-bond donors (Lipinski definition) is 8. The predicted octanol–water partition coefficient (Wildman–Crippen LogP) is -3.74. The van der Waals surface area contributed by atoms with Gasteiger partial charge in [-0.2, -0.15) is 0 Å². The van der Waals surface area contributed by atoms with Crippen molar-refractivity contribution in [3.63, 3.8) is 0 Å². The van der Waals surface area contributed by atoms with E-state index in [2.05, 4.69) is 21.7 Å². The standard InChI is InChI=1S/C7H16N4O4S/c1-2(12)3(13)4(14)5(15)6-8-10-7(16)11-9-6/h2-6,8-9,12-15H,1H3,(H2,10,11,16)/t2-,3-,4-,5-/m0/s1. The zero-order valence-corrected chi connectivity index (χ0v) is 9.40. The first-order valence-electron chi connectivity index (χ1n) is 4.72. The lowest BCUT2D eigenvalue weighted by Crippen LogP contribution is -2.71. The van der Waals surface area contributed by atoms with Crippen molar-refractivity contribution in [1.29, 1.82) is 0 Å². The maximum atomic E-state index is 9.68. The maximum absolute atomic E-state index is 9.68. The van der Waals surface area contributed by atoms with E-state index in [0.717, 1.165) is 0 Å². The molecule has 4 atom stereocenters. The third-order valence-corrected chi connectivity index (χ3v) is 2.42. The predicted molar refractivity (Wildman–Crippen MR) is 58.6 cm³/mol. The Balaban J connectivity index is 2.50. The molecule has 16 heavy (non-hydrogen) atoms. The molecule has 1 aliphatic rings. The van der Waals surface area contributed by atoms with E-state index in [4.69, 9.17) is 17.3 Å². The second kappa shape index (κ2) is 5.68. The van der Waals surface area contributed by atoms with Crippen LogP contribution in [-0.4, -0.2) is 56.1 Å². The van der Waals surface area contributed by atoms with E-state index in [-0.39, 0.29) is 5.11 Å². The maximum Gasteiger partial charge on any atom is 0.195 e. The van der Waals surface area contributed by atoms with E-state index >= 15 is 0 Å². The molecular formula is C7H16N4O4S. The molecule has 1 saturated heterocycles. The van der Waals surface area contributed by atoms with Crippen LogP contribution >= 0.6 is 12.2 Å². The largest absolute Gasteiger partial charge is 0.391 e. The lowest BCUT2D eigenvalue weighted by molar-refractivity contribution is -0.113. The van der Waals surface area contributed by atoms with Crippen LogP contribution in [0.1, 0.15) is 6.92 Å². The molecule has 8 N–H and O–H groups in total. The van der Waals surface area contributed by atoms with Crippen molar-refractivity contribution >= 4 is 17.3 Å². The fourth-order valence-electron chi connectivity index (χ4n) is 1.21. The lowest BCUT2D eigenvalue weighted by Gasteiger charge is -2.34. The Morgan fingerprint density at radius 2 is 1.56 bits per heavy atom. The Kier molecular flexibility index (Phi) is 4.80. The summed E-state index contributed by atoms with van der Waals surface area (Å²) in [5.41, 5.74) is 10.2. The fourth-order valence-corrected chi connectivity index (χ4v) is 1.33. The Morgan fingerprint density at radius 3 is 2.00 bits per heavy atom. The highest BCUT2D eigenvalue weighted by atomic mass is 32.1. The monoisotopic (exact) mass is 252 g/mol. The molecule has 1 heterocycles. The summed E-state index contributed by atoms with van der Waals surface area (Å²) in [5.74, 6) is 0. The Hall–Kier alpha value is -0.550. The molecule has 1 aliphatic heterocycles. The van der Waals surface area contributed by atoms with Crippen molar-refractivity contribution in [3.8, 4) is 0 Å². The van der Waals surface area contributed by atoms with Crippen molar-refractivity contribution in [2.24, 2.45) is 0 Å². The van der Waals surface area contributed by atoms with Crippen molar-refractivity contribution < 1.29 is 20.4 Å². The van der Waals surface area contributed by atoms with Crippen LogP contribution in [0.5, 0.6) is 0 Å². The van der Waals surface area contributed by atoms with Crippen molar-refractivity contribution in [3.05, 3.63) is 0 Å². The SMILES string of the molecule is C[C@H](O)[C@H](O)[C@H](O)[C@H](O)C1NNC(=S)NN1. The van der Waals surface area contributed by atoms with Crippen LogP contribution in [0.25, 0.3) is 0 Å². The summed E-state index contributed by atoms with van der Waals surface area (Å²) in [5, 5.41) is 37.9. The molecule has 0 saturated carbocycles. The van der Waals surface area contributed by atoms with Crippen LogP contribution < -0.4 is 21.7 Å². The van der Waals surface area contributed by atoms with E-state index in [1.807, 2.05) is 0 Å². The third kappa shape index (κ3) is 3.22. The van der Waals surface area contributed by atoms with Gasteiger partial charge in [0.25, 0.3) is 0 Å². The van der Waals surface area contributed by atoms with Gasteiger partial charge in [-0.05, 0) is 19.1 Å². The molecule has 0 radical (unpaired) electrons. The molecular weight excluding hydrogens is 236 g/mol. The van der Waals surface area contributed by atoms with Gasteiger partial charge >= 0.3 is 0 Å². The molecule has 0 aliphatic carbocycles. The molecule has 94 valence electrons. The van der Waals surface area contributed by atoms with Gasteiger partial charge in [0, 0.05) is 0 Å². The van der Waals surface area contributed by atoms with Gasteiger partial charge in [-0.1, -0.05) is 0 Å². The van der Waals surface area contributed by atoms with Crippen LogP contribution in [0.15, 0.2) is 0 Å². The van der Waals surface area contributed by atoms with E-state index in [1.165, 1.54) is 6.92 Å². The molecule has 1 rings (SSSR count). The summed E-state index contributed by atoms with van der Waals surface area (Å²) in [6.45, 7) is 1.31. The quantitative estimate of drug-likeness (QED) is 0.238. The highest BCUT2D eigenvalue weighted by Gasteiger charge is 2.34. The van der Waals surface area contributed by atoms with E-state index in [9.17, 15) is 15.3 Å². The smallest absolute Gasteiger partial charge is 0.195 e. The number of thiocarbonyl (C=S) groups is 1. The van der Waals surface area contributed by atoms with Gasteiger partial charge in [-0.15, -0.1) is 0 Å². The van der Waals surface area contributed by atoms with E-state index in [1.54, 1.807) is 0 Å². The fraction of sp³-hybridized carbons (Fsp3) is 0.857. The minimum absolute atomic E-state index is 0.286. The Bertz CT molecular complexity index is 245. The van der Waals surface area contributed by atoms with Crippen molar-refractivity contribution in [2.75, 3.05) is 0 Å². The summed E-state index contributed by atoms with van der Waals surface area (Å²) in [7, 11) is 0. The molecule has 0 amide bonds. The molecule has 0 aromatic carbocycles. The lowest BCUT2D eigenvalue weighted by atomic mass is 10.0. The number of hydrogen-bond acceptors (Lipinski definition) is 7. The first-order valence-corrected chi connectivity index (χ1v) is 5.13. The minimum atomic E-state index is -1.50. The summed E-state index contributed by atoms with van der Waals surface area (Å²) in [4.78, 5) is 0. The highest BCUT2D eigenvalue weighted by Crippen LogP contribution is 2.07. The molecule has 0 unspecified atom stereocenters. The average Bonchev–Trinajstić information content (AvgIpc) is 2.27. The Labute approximate surface area is 97.6 Å². The summed E-state index contributed by atoms with van der Waals surface area (Å²) >= 11 is 4.72. The first kappa shape index (κ1) is 13.5. The summed E-state index contributed by atoms with van der Waals surface area (Å²) in [6.07, 6.45) is -6.19. The van der Waals surface area contributed by atoms with Gasteiger partial charge in [0.2, 0.25) is 0 Å². The summed E-state index contributed by atoms with van der Waals surface area (Å²) in [6, 6.07) is 0. The normalized spacial score (nSPS) is 25.2. The van der Waals surface area contributed by atoms with E-state index < -0.39 is 30.6 Å². The zero-order chi connectivity index (χ0) is 12.3. The van der Waals surface area contributed by atoms with Gasteiger partial charge in [0.15, 0.2) is 5.11 Å². The van der Waals surface area contributed by atoms with E-state index in [0.29, 0.717) is 0 Å². The van der Waals surface area contributed by atoms with Crippen LogP contribution in [-0.2, 0) is 0 Å². The van der Waals surface area contributed by atoms with Crippen LogP contribution in [0, 0.1) is 0 Å². The van der Waals surface area contributed by atoms with Gasteiger partial charge in [-0.25, -0.2) is 10.9 Å².